The minimum atomic E-state index is -0.576. The number of carbonyl (C=O) groups excluding carboxylic acids is 1. The Morgan fingerprint density at radius 1 is 1.39 bits per heavy atom. The number of amides is 1. The van der Waals surface area contributed by atoms with E-state index in [1.807, 2.05) is 31.2 Å². The van der Waals surface area contributed by atoms with Crippen molar-refractivity contribution < 1.29 is 9.72 Å². The molecule has 1 aromatic heterocycles. The predicted molar refractivity (Wildman–Crippen MR) is 86.1 cm³/mol. The van der Waals surface area contributed by atoms with Crippen molar-refractivity contribution in [1.82, 2.24) is 14.9 Å². The van der Waals surface area contributed by atoms with E-state index in [4.69, 9.17) is 0 Å². The fourth-order valence-corrected chi connectivity index (χ4v) is 2.14. The summed E-state index contributed by atoms with van der Waals surface area (Å²) < 4.78 is 1.46. The largest absolute Gasteiger partial charge is 0.381 e. The lowest BCUT2D eigenvalue weighted by Gasteiger charge is -2.11. The van der Waals surface area contributed by atoms with Crippen LogP contribution in [0.25, 0.3) is 0 Å². The van der Waals surface area contributed by atoms with E-state index in [9.17, 15) is 14.9 Å². The van der Waals surface area contributed by atoms with Gasteiger partial charge in [0.25, 0.3) is 0 Å². The molecule has 0 saturated carbocycles. The van der Waals surface area contributed by atoms with Gasteiger partial charge in [-0.2, -0.15) is 0 Å². The molecule has 0 atom stereocenters. The van der Waals surface area contributed by atoms with Crippen LogP contribution >= 0.6 is 0 Å². The number of aryl methyl sites for hydroxylation is 1. The smallest absolute Gasteiger partial charge is 0.358 e. The number of carbonyl (C=O) groups is 1. The maximum absolute atomic E-state index is 12.2. The summed E-state index contributed by atoms with van der Waals surface area (Å²) in [6.45, 7) is 5.10. The van der Waals surface area contributed by atoms with Gasteiger partial charge in [0.15, 0.2) is 0 Å². The van der Waals surface area contributed by atoms with Gasteiger partial charge in [-0.25, -0.2) is 0 Å². The summed E-state index contributed by atoms with van der Waals surface area (Å²) in [4.78, 5) is 26.1. The first-order valence-corrected chi connectivity index (χ1v) is 7.28. The second kappa shape index (κ2) is 7.50. The molecule has 8 heteroatoms. The second-order valence-corrected chi connectivity index (χ2v) is 5.02. The first-order valence-electron chi connectivity index (χ1n) is 7.28. The molecule has 8 nitrogen and oxygen atoms in total. The molecule has 0 unspecified atom stereocenters. The molecule has 2 aromatic rings. The summed E-state index contributed by atoms with van der Waals surface area (Å²) in [5.41, 5.74) is 1.71. The number of rotatable bonds is 7. The van der Waals surface area contributed by atoms with Gasteiger partial charge >= 0.3 is 5.82 Å². The molecule has 0 fully saturated rings. The van der Waals surface area contributed by atoms with Crippen molar-refractivity contribution in [1.29, 1.82) is 0 Å². The molecule has 0 saturated heterocycles. The lowest BCUT2D eigenvalue weighted by atomic mass is 10.1. The molecule has 122 valence electrons. The second-order valence-electron chi connectivity index (χ2n) is 5.02. The molecule has 0 aliphatic heterocycles. The van der Waals surface area contributed by atoms with E-state index in [0.29, 0.717) is 12.4 Å². The van der Waals surface area contributed by atoms with Crippen LogP contribution in [0.1, 0.15) is 18.3 Å². The van der Waals surface area contributed by atoms with Crippen LogP contribution in [0.5, 0.6) is 0 Å². The minimum absolute atomic E-state index is 0.0256. The molecule has 1 aromatic carbocycles. The van der Waals surface area contributed by atoms with E-state index >= 15 is 0 Å². The van der Waals surface area contributed by atoms with Crippen molar-refractivity contribution in [3.8, 4) is 0 Å². The number of nitrogens with one attached hydrogen (secondary N) is 2. The van der Waals surface area contributed by atoms with Crippen LogP contribution in [0.4, 0.5) is 11.5 Å². The Kier molecular flexibility index (Phi) is 5.42. The molecule has 2 rings (SSSR count). The molecule has 1 amide bonds. The quantitative estimate of drug-likeness (QED) is 0.599. The lowest BCUT2D eigenvalue weighted by molar-refractivity contribution is -0.389. The topological polar surface area (TPSA) is 102 Å². The number of nitrogens with zero attached hydrogens (tertiary/aromatic N) is 3. The number of benzene rings is 1. The zero-order valence-electron chi connectivity index (χ0n) is 13.1. The monoisotopic (exact) mass is 317 g/mol. The van der Waals surface area contributed by atoms with Crippen molar-refractivity contribution in [3.05, 3.63) is 52.0 Å². The molecule has 1 heterocycles. The van der Waals surface area contributed by atoms with Gasteiger partial charge in [0.2, 0.25) is 11.7 Å². The molecule has 0 aliphatic rings. The van der Waals surface area contributed by atoms with Crippen molar-refractivity contribution >= 4 is 17.4 Å². The zero-order chi connectivity index (χ0) is 16.8. The number of para-hydroxylation sites is 1. The highest BCUT2D eigenvalue weighted by Gasteiger charge is 2.17. The Morgan fingerprint density at radius 3 is 2.78 bits per heavy atom. The molecule has 0 radical (unpaired) electrons. The zero-order valence-corrected chi connectivity index (χ0v) is 13.1. The van der Waals surface area contributed by atoms with Crippen molar-refractivity contribution in [2.75, 3.05) is 11.9 Å². The fraction of sp³-hybridized carbons (Fsp3) is 0.333. The highest BCUT2D eigenvalue weighted by atomic mass is 16.6. The number of hydrogen-bond donors (Lipinski definition) is 2. The van der Waals surface area contributed by atoms with E-state index in [1.165, 1.54) is 10.8 Å². The van der Waals surface area contributed by atoms with Gasteiger partial charge in [0.05, 0.1) is 0 Å². The van der Waals surface area contributed by atoms with E-state index in [0.717, 1.165) is 17.8 Å². The Hall–Kier alpha value is -2.74. The summed E-state index contributed by atoms with van der Waals surface area (Å²) in [6, 6.07) is 7.52. The first kappa shape index (κ1) is 16.6. The average molecular weight is 317 g/mol. The third kappa shape index (κ3) is 4.36. The minimum Gasteiger partial charge on any atom is -0.358 e. The average Bonchev–Trinajstić information content (AvgIpc) is 2.87. The maximum Gasteiger partial charge on any atom is 0.381 e. The normalized spacial score (nSPS) is 10.5. The van der Waals surface area contributed by atoms with E-state index < -0.39 is 4.92 Å². The number of anilines is 1. The summed E-state index contributed by atoms with van der Waals surface area (Å²) in [5, 5.41) is 16.8. The third-order valence-corrected chi connectivity index (χ3v) is 3.32. The van der Waals surface area contributed by atoms with Crippen molar-refractivity contribution in [3.63, 3.8) is 0 Å². The SMILES string of the molecule is CCNCc1ccccc1NC(=O)Cn1cc([N+](=O)[O-])nc1C. The van der Waals surface area contributed by atoms with Crippen molar-refractivity contribution in [2.45, 2.75) is 26.9 Å². The first-order chi connectivity index (χ1) is 11.0. The van der Waals surface area contributed by atoms with E-state index in [-0.39, 0.29) is 18.3 Å². The van der Waals surface area contributed by atoms with Crippen LogP contribution in [-0.2, 0) is 17.9 Å². The third-order valence-electron chi connectivity index (χ3n) is 3.32. The number of aromatic nitrogens is 2. The Morgan fingerprint density at radius 2 is 2.13 bits per heavy atom. The number of nitro groups is 1. The van der Waals surface area contributed by atoms with Crippen LogP contribution in [-0.4, -0.2) is 26.9 Å². The van der Waals surface area contributed by atoms with Gasteiger partial charge in [-0.15, -0.1) is 0 Å². The lowest BCUT2D eigenvalue weighted by Crippen LogP contribution is -2.21. The van der Waals surface area contributed by atoms with Gasteiger partial charge in [-0.3, -0.25) is 9.36 Å². The summed E-state index contributed by atoms with van der Waals surface area (Å²) >= 11 is 0. The van der Waals surface area contributed by atoms with Crippen LogP contribution in [0.15, 0.2) is 30.5 Å². The maximum atomic E-state index is 12.2. The molecule has 0 spiro atoms. The van der Waals surface area contributed by atoms with Gasteiger partial charge in [-0.05, 0) is 28.1 Å². The van der Waals surface area contributed by atoms with Gasteiger partial charge in [0.1, 0.15) is 12.7 Å². The molecule has 0 aliphatic carbocycles. The van der Waals surface area contributed by atoms with Crippen LogP contribution in [0.2, 0.25) is 0 Å². The van der Waals surface area contributed by atoms with Crippen LogP contribution < -0.4 is 10.6 Å². The summed E-state index contributed by atoms with van der Waals surface area (Å²) in [6.07, 6.45) is 1.26. The Labute approximate surface area is 133 Å². The highest BCUT2D eigenvalue weighted by molar-refractivity contribution is 5.91. The fourth-order valence-electron chi connectivity index (χ4n) is 2.14. The Bertz CT molecular complexity index is 711. The molecule has 23 heavy (non-hydrogen) atoms. The van der Waals surface area contributed by atoms with Crippen molar-refractivity contribution in [2.24, 2.45) is 0 Å². The van der Waals surface area contributed by atoms with Crippen LogP contribution in [0, 0.1) is 17.0 Å². The Balaban J connectivity index is 2.07. The van der Waals surface area contributed by atoms with Gasteiger partial charge in [-0.1, -0.05) is 25.1 Å². The molecular formula is C15H19N5O3. The standard InChI is InChI=1S/C15H19N5O3/c1-3-16-8-12-6-4-5-7-13(12)18-15(21)10-19-9-14(20(22)23)17-11(19)2/h4-7,9,16H,3,8,10H2,1-2H3,(H,18,21). The molecular weight excluding hydrogens is 298 g/mol. The van der Waals surface area contributed by atoms with Gasteiger partial charge < -0.3 is 20.7 Å². The predicted octanol–water partition coefficient (Wildman–Crippen LogP) is 1.85. The van der Waals surface area contributed by atoms with Gasteiger partial charge in [0, 0.05) is 19.2 Å². The van der Waals surface area contributed by atoms with E-state index in [1.54, 1.807) is 6.92 Å². The summed E-state index contributed by atoms with van der Waals surface area (Å²) in [5.74, 6) is -0.0972. The molecule has 2 N–H and O–H groups in total. The van der Waals surface area contributed by atoms with E-state index in [2.05, 4.69) is 15.6 Å². The van der Waals surface area contributed by atoms with Crippen LogP contribution in [0.3, 0.4) is 0 Å². The highest BCUT2D eigenvalue weighted by Crippen LogP contribution is 2.15. The number of imidazole rings is 1. The number of hydrogen-bond acceptors (Lipinski definition) is 5. The molecule has 0 bridgehead atoms. The summed E-state index contributed by atoms with van der Waals surface area (Å²) in [7, 11) is 0.